The van der Waals surface area contributed by atoms with Gasteiger partial charge in [-0.25, -0.2) is 4.79 Å². The molecule has 1 amide bonds. The fourth-order valence-corrected chi connectivity index (χ4v) is 3.24. The van der Waals surface area contributed by atoms with Gasteiger partial charge in [-0.2, -0.15) is 0 Å². The molecule has 3 aromatic carbocycles. The van der Waals surface area contributed by atoms with Crippen LogP contribution in [0.4, 0.5) is 5.69 Å². The summed E-state index contributed by atoms with van der Waals surface area (Å²) in [5.74, 6) is -0.215. The van der Waals surface area contributed by atoms with Crippen LogP contribution in [0.3, 0.4) is 0 Å². The summed E-state index contributed by atoms with van der Waals surface area (Å²) in [5, 5.41) is 3.80. The first-order valence-corrected chi connectivity index (χ1v) is 9.18. The molecule has 4 heteroatoms. The molecule has 0 atom stereocenters. The number of nitrogens with one attached hydrogen (secondary N) is 1. The molecule has 0 fully saturated rings. The Morgan fingerprint density at radius 2 is 1.71 bits per heavy atom. The highest BCUT2D eigenvalue weighted by atomic mass is 16.4. The molecule has 0 bridgehead atoms. The third-order valence-corrected chi connectivity index (χ3v) is 4.72. The zero-order valence-electron chi connectivity index (χ0n) is 15.4. The van der Waals surface area contributed by atoms with Crippen LogP contribution < -0.4 is 10.9 Å². The summed E-state index contributed by atoms with van der Waals surface area (Å²) in [5.41, 5.74) is 3.55. The number of hydrogen-bond acceptors (Lipinski definition) is 3. The molecule has 4 aromatic rings. The molecule has 1 N–H and O–H groups in total. The van der Waals surface area contributed by atoms with E-state index in [1.807, 2.05) is 49.4 Å². The molecule has 4 nitrogen and oxygen atoms in total. The van der Waals surface area contributed by atoms with Crippen LogP contribution in [0.5, 0.6) is 0 Å². The highest BCUT2D eigenvalue weighted by molar-refractivity contribution is 6.05. The average molecular weight is 369 g/mol. The number of aryl methyl sites for hydroxylation is 1. The van der Waals surface area contributed by atoms with E-state index in [-0.39, 0.29) is 5.91 Å². The molecular weight excluding hydrogens is 350 g/mol. The Bertz CT molecular complexity index is 1220. The van der Waals surface area contributed by atoms with Crippen LogP contribution in [0.2, 0.25) is 0 Å². The lowest BCUT2D eigenvalue weighted by Crippen LogP contribution is -2.13. The number of para-hydroxylation sites is 2. The lowest BCUT2D eigenvalue weighted by atomic mass is 10.0. The lowest BCUT2D eigenvalue weighted by molar-refractivity contribution is 0.102. The van der Waals surface area contributed by atoms with Gasteiger partial charge in [-0.1, -0.05) is 55.5 Å². The van der Waals surface area contributed by atoms with Crippen LogP contribution in [-0.2, 0) is 6.42 Å². The topological polar surface area (TPSA) is 59.3 Å². The van der Waals surface area contributed by atoms with Crippen molar-refractivity contribution >= 4 is 22.6 Å². The van der Waals surface area contributed by atoms with E-state index < -0.39 is 5.63 Å². The van der Waals surface area contributed by atoms with Gasteiger partial charge in [-0.3, -0.25) is 4.79 Å². The molecular formula is C24H19NO3. The van der Waals surface area contributed by atoms with E-state index in [9.17, 15) is 9.59 Å². The van der Waals surface area contributed by atoms with Gasteiger partial charge in [0.2, 0.25) is 0 Å². The van der Waals surface area contributed by atoms with Crippen molar-refractivity contribution in [3.05, 3.63) is 100 Å². The van der Waals surface area contributed by atoms with Crippen molar-refractivity contribution in [2.24, 2.45) is 0 Å². The number of carbonyl (C=O) groups is 1. The monoisotopic (exact) mass is 369 g/mol. The minimum Gasteiger partial charge on any atom is -0.422 e. The lowest BCUT2D eigenvalue weighted by Gasteiger charge is -2.10. The molecule has 0 aliphatic rings. The van der Waals surface area contributed by atoms with Crippen molar-refractivity contribution < 1.29 is 9.21 Å². The number of carbonyl (C=O) groups excluding carboxylic acids is 1. The third-order valence-electron chi connectivity index (χ3n) is 4.72. The zero-order valence-corrected chi connectivity index (χ0v) is 15.4. The van der Waals surface area contributed by atoms with Crippen molar-refractivity contribution in [2.75, 3.05) is 5.32 Å². The van der Waals surface area contributed by atoms with Gasteiger partial charge in [-0.05, 0) is 47.9 Å². The molecule has 0 aliphatic heterocycles. The highest BCUT2D eigenvalue weighted by Gasteiger charge is 2.12. The molecule has 0 radical (unpaired) electrons. The van der Waals surface area contributed by atoms with Gasteiger partial charge in [0, 0.05) is 16.6 Å². The summed E-state index contributed by atoms with van der Waals surface area (Å²) >= 11 is 0. The van der Waals surface area contributed by atoms with Crippen LogP contribution in [0.15, 0.2) is 88.1 Å². The van der Waals surface area contributed by atoms with Gasteiger partial charge in [0.05, 0.1) is 5.56 Å². The van der Waals surface area contributed by atoms with Gasteiger partial charge in [0.1, 0.15) is 5.58 Å². The molecule has 0 spiro atoms. The second kappa shape index (κ2) is 7.53. The normalized spacial score (nSPS) is 10.8. The Balaban J connectivity index is 1.69. The SMILES string of the molecule is CCc1ccccc1NC(=O)c1cccc(-c2cc3ccccc3oc2=O)c1. The van der Waals surface area contributed by atoms with E-state index in [0.29, 0.717) is 22.3 Å². The van der Waals surface area contributed by atoms with Crippen molar-refractivity contribution in [1.29, 1.82) is 0 Å². The quantitative estimate of drug-likeness (QED) is 0.498. The number of benzene rings is 3. The molecule has 138 valence electrons. The smallest absolute Gasteiger partial charge is 0.344 e. The molecule has 0 unspecified atom stereocenters. The molecule has 28 heavy (non-hydrogen) atoms. The number of rotatable bonds is 4. The minimum absolute atomic E-state index is 0.215. The molecule has 1 aromatic heterocycles. The van der Waals surface area contributed by atoms with Gasteiger partial charge in [0.25, 0.3) is 5.91 Å². The van der Waals surface area contributed by atoms with Gasteiger partial charge < -0.3 is 9.73 Å². The summed E-state index contributed by atoms with van der Waals surface area (Å²) < 4.78 is 5.42. The first-order valence-electron chi connectivity index (χ1n) is 9.18. The standard InChI is InChI=1S/C24H19NO3/c1-2-16-8-3-5-12-21(16)25-23(26)19-11-7-10-17(14-19)20-15-18-9-4-6-13-22(18)28-24(20)27/h3-15H,2H2,1H3,(H,25,26). The molecule has 0 saturated carbocycles. The minimum atomic E-state index is -0.424. The summed E-state index contributed by atoms with van der Waals surface area (Å²) in [6.45, 7) is 2.05. The zero-order chi connectivity index (χ0) is 19.5. The number of hydrogen-bond donors (Lipinski definition) is 1. The number of fused-ring (bicyclic) bond motifs is 1. The summed E-state index contributed by atoms with van der Waals surface area (Å²) in [4.78, 5) is 25.2. The van der Waals surface area contributed by atoms with Crippen molar-refractivity contribution in [1.82, 2.24) is 0 Å². The van der Waals surface area contributed by atoms with Gasteiger partial charge >= 0.3 is 5.63 Å². The number of amides is 1. The maximum Gasteiger partial charge on any atom is 0.344 e. The van der Waals surface area contributed by atoms with E-state index >= 15 is 0 Å². The maximum atomic E-state index is 12.8. The van der Waals surface area contributed by atoms with Crippen LogP contribution in [0.25, 0.3) is 22.1 Å². The third kappa shape index (κ3) is 3.45. The Hall–Kier alpha value is -3.66. The average Bonchev–Trinajstić information content (AvgIpc) is 2.73. The predicted molar refractivity (Wildman–Crippen MR) is 112 cm³/mol. The van der Waals surface area contributed by atoms with Crippen LogP contribution in [0, 0.1) is 0 Å². The Kier molecular flexibility index (Phi) is 4.77. The summed E-state index contributed by atoms with van der Waals surface area (Å²) in [6, 6.07) is 23.9. The maximum absolute atomic E-state index is 12.8. The summed E-state index contributed by atoms with van der Waals surface area (Å²) in [6.07, 6.45) is 0.828. The van der Waals surface area contributed by atoms with Crippen molar-refractivity contribution in [3.63, 3.8) is 0 Å². The first kappa shape index (κ1) is 17.7. The van der Waals surface area contributed by atoms with E-state index in [1.54, 1.807) is 36.4 Å². The van der Waals surface area contributed by atoms with E-state index in [1.165, 1.54) is 0 Å². The van der Waals surface area contributed by atoms with Crippen LogP contribution in [-0.4, -0.2) is 5.91 Å². The van der Waals surface area contributed by atoms with Crippen LogP contribution >= 0.6 is 0 Å². The first-order chi connectivity index (χ1) is 13.7. The molecule has 0 aliphatic carbocycles. The van der Waals surface area contributed by atoms with Gasteiger partial charge in [-0.15, -0.1) is 0 Å². The Morgan fingerprint density at radius 1 is 0.929 bits per heavy atom. The van der Waals surface area contributed by atoms with E-state index in [4.69, 9.17) is 4.42 Å². The van der Waals surface area contributed by atoms with E-state index in [2.05, 4.69) is 5.32 Å². The number of anilines is 1. The molecule has 1 heterocycles. The second-order valence-corrected chi connectivity index (χ2v) is 6.53. The Labute approximate surface area is 162 Å². The predicted octanol–water partition coefficient (Wildman–Crippen LogP) is 5.27. The molecule has 4 rings (SSSR count). The van der Waals surface area contributed by atoms with Crippen molar-refractivity contribution in [3.8, 4) is 11.1 Å². The highest BCUT2D eigenvalue weighted by Crippen LogP contribution is 2.23. The van der Waals surface area contributed by atoms with Crippen molar-refractivity contribution in [2.45, 2.75) is 13.3 Å². The van der Waals surface area contributed by atoms with Crippen LogP contribution in [0.1, 0.15) is 22.8 Å². The summed E-state index contributed by atoms with van der Waals surface area (Å²) in [7, 11) is 0. The van der Waals surface area contributed by atoms with Gasteiger partial charge in [0.15, 0.2) is 0 Å². The fraction of sp³-hybridized carbons (Fsp3) is 0.0833. The van der Waals surface area contributed by atoms with E-state index in [0.717, 1.165) is 23.1 Å². The fourth-order valence-electron chi connectivity index (χ4n) is 3.24. The largest absolute Gasteiger partial charge is 0.422 e. The second-order valence-electron chi connectivity index (χ2n) is 6.53. The Morgan fingerprint density at radius 3 is 2.57 bits per heavy atom. The molecule has 0 saturated heterocycles.